The average Bonchev–Trinajstić information content (AvgIpc) is 3.08. The van der Waals surface area contributed by atoms with Crippen LogP contribution in [0.15, 0.2) is 58.7 Å². The van der Waals surface area contributed by atoms with E-state index in [4.69, 9.17) is 12.2 Å². The maximum atomic E-state index is 12.4. The fraction of sp³-hybridized carbons (Fsp3) is 0.0588. The molecule has 3 N–H and O–H groups in total. The lowest BCUT2D eigenvalue weighted by Gasteiger charge is -2.24. The highest BCUT2D eigenvalue weighted by molar-refractivity contribution is 7.71. The summed E-state index contributed by atoms with van der Waals surface area (Å²) in [6, 6.07) is 14.1. The van der Waals surface area contributed by atoms with Gasteiger partial charge < -0.3 is 10.3 Å². The van der Waals surface area contributed by atoms with Crippen molar-refractivity contribution in [1.82, 2.24) is 9.97 Å². The number of fused-ring (bicyclic) bond motifs is 1. The van der Waals surface area contributed by atoms with Crippen LogP contribution in [-0.4, -0.2) is 9.97 Å². The van der Waals surface area contributed by atoms with Gasteiger partial charge >= 0.3 is 0 Å². The molecular formula is C17H13N3OS2. The molecule has 0 saturated heterocycles. The highest BCUT2D eigenvalue weighted by atomic mass is 32.1. The third-order valence-electron chi connectivity index (χ3n) is 3.82. The Morgan fingerprint density at radius 2 is 1.87 bits per heavy atom. The summed E-state index contributed by atoms with van der Waals surface area (Å²) in [5.41, 5.74) is 2.55. The van der Waals surface area contributed by atoms with E-state index in [1.807, 2.05) is 47.8 Å². The largest absolute Gasteiger partial charge is 0.341 e. The van der Waals surface area contributed by atoms with Crippen molar-refractivity contribution < 1.29 is 0 Å². The molecule has 4 rings (SSSR count). The van der Waals surface area contributed by atoms with Gasteiger partial charge in [-0.1, -0.05) is 36.4 Å². The summed E-state index contributed by atoms with van der Waals surface area (Å²) in [7, 11) is 0. The Balaban J connectivity index is 1.94. The van der Waals surface area contributed by atoms with Crippen LogP contribution in [0.4, 0.5) is 5.82 Å². The number of benzene rings is 1. The SMILES string of the molecule is O=c1[nH]c(=S)[nH]c2c1C(c1cccs1)C=C(c1ccccc1)N2. The number of H-pyrrole nitrogens is 2. The van der Waals surface area contributed by atoms with Gasteiger partial charge in [-0.05, 0) is 35.3 Å². The second-order valence-electron chi connectivity index (χ2n) is 5.26. The molecule has 23 heavy (non-hydrogen) atoms. The Bertz CT molecular complexity index is 985. The number of allylic oxidation sites excluding steroid dienone is 1. The molecule has 1 aromatic carbocycles. The van der Waals surface area contributed by atoms with E-state index in [9.17, 15) is 4.79 Å². The minimum absolute atomic E-state index is 0.0999. The molecule has 1 unspecified atom stereocenters. The summed E-state index contributed by atoms with van der Waals surface area (Å²) in [6.45, 7) is 0. The van der Waals surface area contributed by atoms with Crippen LogP contribution in [0.1, 0.15) is 21.9 Å². The van der Waals surface area contributed by atoms with E-state index in [-0.39, 0.29) is 11.5 Å². The third-order valence-corrected chi connectivity index (χ3v) is 4.98. The first-order valence-electron chi connectivity index (χ1n) is 7.16. The Hall–Kier alpha value is -2.44. The maximum Gasteiger partial charge on any atom is 0.257 e. The zero-order chi connectivity index (χ0) is 15.8. The second kappa shape index (κ2) is 5.64. The molecule has 3 aromatic rings. The number of rotatable bonds is 2. The zero-order valence-corrected chi connectivity index (χ0v) is 13.6. The predicted molar refractivity (Wildman–Crippen MR) is 96.5 cm³/mol. The van der Waals surface area contributed by atoms with E-state index in [1.165, 1.54) is 0 Å². The van der Waals surface area contributed by atoms with E-state index >= 15 is 0 Å². The molecule has 1 aliphatic heterocycles. The first-order chi connectivity index (χ1) is 11.2. The Kier molecular flexibility index (Phi) is 3.48. The van der Waals surface area contributed by atoms with E-state index in [0.29, 0.717) is 16.2 Å². The van der Waals surface area contributed by atoms with Gasteiger partial charge in [0.1, 0.15) is 5.82 Å². The second-order valence-corrected chi connectivity index (χ2v) is 6.65. The Labute approximate surface area is 141 Å². The number of aromatic nitrogens is 2. The van der Waals surface area contributed by atoms with Crippen LogP contribution in [0.2, 0.25) is 0 Å². The van der Waals surface area contributed by atoms with E-state index in [2.05, 4.69) is 21.4 Å². The van der Waals surface area contributed by atoms with Crippen molar-refractivity contribution in [2.45, 2.75) is 5.92 Å². The van der Waals surface area contributed by atoms with Gasteiger partial charge in [0.25, 0.3) is 5.56 Å². The first-order valence-corrected chi connectivity index (χ1v) is 8.45. The fourth-order valence-corrected chi connectivity index (χ4v) is 3.80. The average molecular weight is 339 g/mol. The van der Waals surface area contributed by atoms with E-state index in [0.717, 1.165) is 16.1 Å². The van der Waals surface area contributed by atoms with Gasteiger partial charge in [-0.15, -0.1) is 11.3 Å². The fourth-order valence-electron chi connectivity index (χ4n) is 2.80. The molecule has 0 amide bonds. The molecule has 0 saturated carbocycles. The lowest BCUT2D eigenvalue weighted by Crippen LogP contribution is -2.24. The van der Waals surface area contributed by atoms with Crippen molar-refractivity contribution in [3.63, 3.8) is 0 Å². The highest BCUT2D eigenvalue weighted by Crippen LogP contribution is 2.37. The van der Waals surface area contributed by atoms with Crippen molar-refractivity contribution in [2.24, 2.45) is 0 Å². The minimum Gasteiger partial charge on any atom is -0.341 e. The predicted octanol–water partition coefficient (Wildman–Crippen LogP) is 4.09. The molecule has 4 nitrogen and oxygen atoms in total. The molecule has 2 aromatic heterocycles. The van der Waals surface area contributed by atoms with Gasteiger partial charge in [-0.2, -0.15) is 0 Å². The standard InChI is InChI=1S/C17H13N3OS2/c21-16-14-11(13-7-4-8-23-13)9-12(10-5-2-1-3-6-10)18-15(14)19-17(22)20-16/h1-9,11H,(H3,18,19,20,21,22). The molecule has 114 valence electrons. The van der Waals surface area contributed by atoms with Crippen molar-refractivity contribution >= 4 is 35.1 Å². The molecule has 0 spiro atoms. The lowest BCUT2D eigenvalue weighted by molar-refractivity contribution is 0.945. The summed E-state index contributed by atoms with van der Waals surface area (Å²) >= 11 is 6.75. The van der Waals surface area contributed by atoms with Crippen molar-refractivity contribution in [1.29, 1.82) is 0 Å². The number of thiophene rings is 1. The van der Waals surface area contributed by atoms with Gasteiger partial charge in [0, 0.05) is 16.5 Å². The molecule has 0 radical (unpaired) electrons. The van der Waals surface area contributed by atoms with Crippen molar-refractivity contribution in [3.8, 4) is 0 Å². The lowest BCUT2D eigenvalue weighted by atomic mass is 9.93. The van der Waals surface area contributed by atoms with Crippen LogP contribution >= 0.6 is 23.6 Å². The van der Waals surface area contributed by atoms with Crippen LogP contribution in [0, 0.1) is 4.77 Å². The third kappa shape index (κ3) is 2.56. The van der Waals surface area contributed by atoms with Crippen LogP contribution in [0.25, 0.3) is 5.70 Å². The quantitative estimate of drug-likeness (QED) is 0.616. The van der Waals surface area contributed by atoms with Gasteiger partial charge in [0.15, 0.2) is 4.77 Å². The van der Waals surface area contributed by atoms with Crippen LogP contribution in [0.5, 0.6) is 0 Å². The van der Waals surface area contributed by atoms with Gasteiger partial charge in [0.05, 0.1) is 5.56 Å². The van der Waals surface area contributed by atoms with Crippen LogP contribution in [0.3, 0.4) is 0 Å². The van der Waals surface area contributed by atoms with Crippen LogP contribution < -0.4 is 10.9 Å². The molecular weight excluding hydrogens is 326 g/mol. The molecule has 0 fully saturated rings. The number of aromatic amines is 2. The van der Waals surface area contributed by atoms with Crippen molar-refractivity contribution in [3.05, 3.63) is 85.0 Å². The number of hydrogen-bond donors (Lipinski definition) is 3. The van der Waals surface area contributed by atoms with Gasteiger partial charge in [-0.3, -0.25) is 9.78 Å². The number of hydrogen-bond acceptors (Lipinski definition) is 4. The topological polar surface area (TPSA) is 60.7 Å². The Morgan fingerprint density at radius 3 is 2.61 bits per heavy atom. The molecule has 1 atom stereocenters. The zero-order valence-electron chi connectivity index (χ0n) is 12.0. The monoisotopic (exact) mass is 339 g/mol. The maximum absolute atomic E-state index is 12.4. The smallest absolute Gasteiger partial charge is 0.257 e. The van der Waals surface area contributed by atoms with Gasteiger partial charge in [0.2, 0.25) is 0 Å². The van der Waals surface area contributed by atoms with Gasteiger partial charge in [-0.25, -0.2) is 0 Å². The summed E-state index contributed by atoms with van der Waals surface area (Å²) < 4.78 is 0.320. The summed E-state index contributed by atoms with van der Waals surface area (Å²) in [5, 5.41) is 5.33. The first kappa shape index (κ1) is 14.2. The molecule has 3 heterocycles. The Morgan fingerprint density at radius 1 is 1.04 bits per heavy atom. The summed E-state index contributed by atoms with van der Waals surface area (Å²) in [5.74, 6) is 0.565. The molecule has 1 aliphatic rings. The highest BCUT2D eigenvalue weighted by Gasteiger charge is 2.26. The van der Waals surface area contributed by atoms with E-state index in [1.54, 1.807) is 11.3 Å². The summed E-state index contributed by atoms with van der Waals surface area (Å²) in [6.07, 6.45) is 2.09. The normalized spacial score (nSPS) is 16.3. The number of nitrogens with one attached hydrogen (secondary N) is 3. The summed E-state index contributed by atoms with van der Waals surface area (Å²) in [4.78, 5) is 19.3. The minimum atomic E-state index is -0.155. The van der Waals surface area contributed by atoms with E-state index < -0.39 is 0 Å². The molecule has 0 bridgehead atoms. The number of anilines is 1. The molecule has 6 heteroatoms. The van der Waals surface area contributed by atoms with Crippen LogP contribution in [-0.2, 0) is 0 Å². The van der Waals surface area contributed by atoms with Crippen molar-refractivity contribution in [2.75, 3.05) is 5.32 Å². The molecule has 0 aliphatic carbocycles.